The van der Waals surface area contributed by atoms with Crippen LogP contribution in [0.3, 0.4) is 0 Å². The fourth-order valence-electron chi connectivity index (χ4n) is 3.35. The fourth-order valence-corrected chi connectivity index (χ4v) is 3.35. The zero-order valence-corrected chi connectivity index (χ0v) is 16.1. The number of hydrogen-bond donors (Lipinski definition) is 1. The molecule has 0 aliphatic carbocycles. The number of hydrogen-bond acceptors (Lipinski definition) is 6. The smallest absolute Gasteiger partial charge is 0.295 e. The van der Waals surface area contributed by atoms with E-state index >= 15 is 0 Å². The molecule has 1 amide bonds. The maximum absolute atomic E-state index is 13.8. The van der Waals surface area contributed by atoms with Gasteiger partial charge in [-0.1, -0.05) is 6.07 Å². The average molecular weight is 400 g/mol. The largest absolute Gasteiger partial charge is 0.507 e. The third-order valence-electron chi connectivity index (χ3n) is 4.67. The van der Waals surface area contributed by atoms with E-state index in [1.807, 2.05) is 0 Å². The fraction of sp³-hybridized carbons (Fsp3) is 0.286. The van der Waals surface area contributed by atoms with Gasteiger partial charge >= 0.3 is 0 Å². The Morgan fingerprint density at radius 3 is 2.69 bits per heavy atom. The van der Waals surface area contributed by atoms with Crippen LogP contribution in [0, 0.1) is 5.82 Å². The van der Waals surface area contributed by atoms with Crippen LogP contribution in [0.25, 0.3) is 5.76 Å². The van der Waals surface area contributed by atoms with E-state index in [0.717, 1.165) is 6.07 Å². The lowest BCUT2D eigenvalue weighted by Crippen LogP contribution is -2.31. The Morgan fingerprint density at radius 1 is 1.24 bits per heavy atom. The van der Waals surface area contributed by atoms with Gasteiger partial charge < -0.3 is 19.5 Å². The number of amides is 1. The van der Waals surface area contributed by atoms with Crippen LogP contribution in [-0.2, 0) is 14.3 Å². The van der Waals surface area contributed by atoms with E-state index in [0.29, 0.717) is 18.7 Å². The standard InChI is InChI=1S/C21H21FN2O5/c1-28-11-5-10-24-18(15-6-3-4-9-23-15)17(20(26)21(24)27)19(25)14-12-13(22)7-8-16(14)29-2/h3-4,6-9,12,18,25H,5,10-11H2,1-2H3/b19-17+. The third-order valence-corrected chi connectivity index (χ3v) is 4.67. The molecule has 0 saturated carbocycles. The summed E-state index contributed by atoms with van der Waals surface area (Å²) in [5.41, 5.74) is 0.249. The number of benzene rings is 1. The van der Waals surface area contributed by atoms with Crippen molar-refractivity contribution in [1.82, 2.24) is 9.88 Å². The third kappa shape index (κ3) is 3.97. The maximum Gasteiger partial charge on any atom is 0.295 e. The summed E-state index contributed by atoms with van der Waals surface area (Å²) in [7, 11) is 2.91. The Balaban J connectivity index is 2.16. The molecule has 0 spiro atoms. The van der Waals surface area contributed by atoms with E-state index in [-0.39, 0.29) is 23.4 Å². The Hall–Kier alpha value is -3.26. The molecule has 1 N–H and O–H groups in total. The highest BCUT2D eigenvalue weighted by Gasteiger charge is 2.46. The monoisotopic (exact) mass is 400 g/mol. The Labute approximate surface area is 167 Å². The highest BCUT2D eigenvalue weighted by atomic mass is 19.1. The van der Waals surface area contributed by atoms with Gasteiger partial charge in [0.05, 0.1) is 23.9 Å². The van der Waals surface area contributed by atoms with Crippen molar-refractivity contribution < 1.29 is 28.6 Å². The Morgan fingerprint density at radius 2 is 2.03 bits per heavy atom. The van der Waals surface area contributed by atoms with Crippen LogP contribution < -0.4 is 4.74 Å². The SMILES string of the molecule is COCCCN1C(=O)C(=O)/C(=C(/O)c2cc(F)ccc2OC)C1c1ccccn1. The van der Waals surface area contributed by atoms with Crippen LogP contribution in [0.1, 0.15) is 23.7 Å². The Kier molecular flexibility index (Phi) is 6.23. The number of Topliss-reactive ketones (excluding diaryl/α,β-unsaturated/α-hetero) is 1. The first-order chi connectivity index (χ1) is 14.0. The number of pyridine rings is 1. The summed E-state index contributed by atoms with van der Waals surface area (Å²) in [5.74, 6) is -2.56. The molecular formula is C21H21FN2O5. The van der Waals surface area contributed by atoms with Gasteiger partial charge in [-0.05, 0) is 36.8 Å². The molecule has 8 heteroatoms. The number of methoxy groups -OCH3 is 2. The average Bonchev–Trinajstić information content (AvgIpc) is 2.99. The van der Waals surface area contributed by atoms with E-state index in [1.54, 1.807) is 25.3 Å². The van der Waals surface area contributed by atoms with Crippen molar-refractivity contribution >= 4 is 17.4 Å². The number of ether oxygens (including phenoxy) is 2. The molecule has 3 rings (SSSR count). The van der Waals surface area contributed by atoms with Crippen molar-refractivity contribution in [3.8, 4) is 5.75 Å². The number of aliphatic hydroxyl groups is 1. The second kappa shape index (κ2) is 8.83. The van der Waals surface area contributed by atoms with Gasteiger partial charge in [-0.25, -0.2) is 4.39 Å². The maximum atomic E-state index is 13.8. The van der Waals surface area contributed by atoms with Gasteiger partial charge in [-0.15, -0.1) is 0 Å². The van der Waals surface area contributed by atoms with Crippen molar-refractivity contribution in [2.75, 3.05) is 27.4 Å². The second-order valence-corrected chi connectivity index (χ2v) is 6.44. The van der Waals surface area contributed by atoms with Gasteiger partial charge in [-0.2, -0.15) is 0 Å². The van der Waals surface area contributed by atoms with Gasteiger partial charge in [-0.3, -0.25) is 14.6 Å². The van der Waals surface area contributed by atoms with Crippen LogP contribution >= 0.6 is 0 Å². The highest BCUT2D eigenvalue weighted by Crippen LogP contribution is 2.40. The molecule has 1 fully saturated rings. The number of carbonyl (C=O) groups is 2. The van der Waals surface area contributed by atoms with Crippen LogP contribution in [0.2, 0.25) is 0 Å². The number of aliphatic hydroxyl groups excluding tert-OH is 1. The molecule has 0 radical (unpaired) electrons. The van der Waals surface area contributed by atoms with E-state index in [9.17, 15) is 19.1 Å². The summed E-state index contributed by atoms with van der Waals surface area (Å²) in [6, 6.07) is 7.76. The summed E-state index contributed by atoms with van der Waals surface area (Å²) in [4.78, 5) is 31.2. The first-order valence-electron chi connectivity index (χ1n) is 9.01. The van der Waals surface area contributed by atoms with Crippen molar-refractivity contribution in [2.24, 2.45) is 0 Å². The topological polar surface area (TPSA) is 89.0 Å². The number of carbonyl (C=O) groups excluding carboxylic acids is 2. The van der Waals surface area contributed by atoms with E-state index in [1.165, 1.54) is 30.3 Å². The summed E-state index contributed by atoms with van der Waals surface area (Å²) >= 11 is 0. The Bertz CT molecular complexity index is 945. The normalized spacial score (nSPS) is 18.3. The summed E-state index contributed by atoms with van der Waals surface area (Å²) in [5, 5.41) is 10.9. The van der Waals surface area contributed by atoms with Crippen LogP contribution in [0.5, 0.6) is 5.75 Å². The number of halogens is 1. The molecule has 1 aromatic heterocycles. The van der Waals surface area contributed by atoms with E-state index in [4.69, 9.17) is 9.47 Å². The zero-order chi connectivity index (χ0) is 21.0. The molecule has 1 unspecified atom stereocenters. The summed E-state index contributed by atoms with van der Waals surface area (Å²) < 4.78 is 24.1. The minimum atomic E-state index is -0.902. The van der Waals surface area contributed by atoms with Crippen molar-refractivity contribution in [3.63, 3.8) is 0 Å². The molecule has 1 aromatic carbocycles. The van der Waals surface area contributed by atoms with Gasteiger partial charge in [0.1, 0.15) is 23.4 Å². The molecule has 2 heterocycles. The lowest BCUT2D eigenvalue weighted by molar-refractivity contribution is -0.140. The van der Waals surface area contributed by atoms with Crippen molar-refractivity contribution in [2.45, 2.75) is 12.5 Å². The molecule has 1 aliphatic rings. The zero-order valence-electron chi connectivity index (χ0n) is 16.1. The number of likely N-dealkylation sites (tertiary alicyclic amines) is 1. The van der Waals surface area contributed by atoms with Crippen LogP contribution in [0.4, 0.5) is 4.39 Å². The second-order valence-electron chi connectivity index (χ2n) is 6.44. The predicted octanol–water partition coefficient (Wildman–Crippen LogP) is 2.69. The van der Waals surface area contributed by atoms with Gasteiger partial charge in [0.25, 0.3) is 11.7 Å². The minimum Gasteiger partial charge on any atom is -0.507 e. The summed E-state index contributed by atoms with van der Waals surface area (Å²) in [6.07, 6.45) is 2.03. The number of rotatable bonds is 7. The lowest BCUT2D eigenvalue weighted by atomic mass is 9.97. The molecule has 152 valence electrons. The minimum absolute atomic E-state index is 0.0108. The highest BCUT2D eigenvalue weighted by molar-refractivity contribution is 6.46. The van der Waals surface area contributed by atoms with Gasteiger partial charge in [0, 0.05) is 26.5 Å². The quantitative estimate of drug-likeness (QED) is 0.333. The predicted molar refractivity (Wildman–Crippen MR) is 103 cm³/mol. The molecule has 2 aromatic rings. The van der Waals surface area contributed by atoms with E-state index in [2.05, 4.69) is 4.98 Å². The number of ketones is 1. The first kappa shape index (κ1) is 20.5. The first-order valence-corrected chi connectivity index (χ1v) is 9.01. The van der Waals surface area contributed by atoms with Crippen LogP contribution in [0.15, 0.2) is 48.2 Å². The van der Waals surface area contributed by atoms with Crippen LogP contribution in [-0.4, -0.2) is 54.1 Å². The van der Waals surface area contributed by atoms with Gasteiger partial charge in [0.2, 0.25) is 0 Å². The number of aromatic nitrogens is 1. The molecular weight excluding hydrogens is 379 g/mol. The molecule has 29 heavy (non-hydrogen) atoms. The molecule has 1 atom stereocenters. The van der Waals surface area contributed by atoms with Gasteiger partial charge in [0.15, 0.2) is 0 Å². The molecule has 1 aliphatic heterocycles. The molecule has 7 nitrogen and oxygen atoms in total. The van der Waals surface area contributed by atoms with Crippen molar-refractivity contribution in [3.05, 3.63) is 65.2 Å². The lowest BCUT2D eigenvalue weighted by Gasteiger charge is -2.24. The van der Waals surface area contributed by atoms with E-state index < -0.39 is 29.3 Å². The van der Waals surface area contributed by atoms with Crippen molar-refractivity contribution in [1.29, 1.82) is 0 Å². The molecule has 0 bridgehead atoms. The molecule has 1 saturated heterocycles. The summed E-state index contributed by atoms with van der Waals surface area (Å²) in [6.45, 7) is 0.631. The number of nitrogens with zero attached hydrogens (tertiary/aromatic N) is 2.